The van der Waals surface area contributed by atoms with Crippen molar-refractivity contribution < 1.29 is 9.52 Å². The first-order chi connectivity index (χ1) is 7.31. The fourth-order valence-electron chi connectivity index (χ4n) is 1.66. The molecule has 0 unspecified atom stereocenters. The van der Waals surface area contributed by atoms with E-state index in [-0.39, 0.29) is 5.75 Å². The summed E-state index contributed by atoms with van der Waals surface area (Å²) in [6, 6.07) is 7.40. The molecule has 0 aliphatic rings. The number of aryl methyl sites for hydroxylation is 1. The van der Waals surface area contributed by atoms with Crippen LogP contribution in [-0.4, -0.2) is 18.7 Å². The lowest BCUT2D eigenvalue weighted by Crippen LogP contribution is -2.07. The average Bonchev–Trinajstić information content (AvgIpc) is 2.63. The van der Waals surface area contributed by atoms with E-state index in [4.69, 9.17) is 4.42 Å². The van der Waals surface area contributed by atoms with E-state index in [2.05, 4.69) is 5.32 Å². The number of phenolic OH excluding ortho intramolecular Hbond substituents is 1. The number of phenols is 1. The van der Waals surface area contributed by atoms with Gasteiger partial charge in [0.05, 0.1) is 0 Å². The molecule has 3 heteroatoms. The molecule has 1 aromatic heterocycles. The fourth-order valence-corrected chi connectivity index (χ4v) is 1.66. The van der Waals surface area contributed by atoms with E-state index in [0.29, 0.717) is 5.58 Å². The van der Waals surface area contributed by atoms with Crippen LogP contribution in [0.25, 0.3) is 11.0 Å². The van der Waals surface area contributed by atoms with Crippen LogP contribution in [0.4, 0.5) is 0 Å². The molecule has 0 saturated carbocycles. The second-order valence-corrected chi connectivity index (χ2v) is 3.62. The van der Waals surface area contributed by atoms with Gasteiger partial charge in [0, 0.05) is 11.8 Å². The van der Waals surface area contributed by atoms with Gasteiger partial charge in [-0.1, -0.05) is 12.1 Å². The lowest BCUT2D eigenvalue weighted by Gasteiger charge is -1.95. The van der Waals surface area contributed by atoms with Gasteiger partial charge in [-0.15, -0.1) is 0 Å². The highest BCUT2D eigenvalue weighted by Crippen LogP contribution is 2.27. The first-order valence-corrected chi connectivity index (χ1v) is 5.16. The Bertz CT molecular complexity index is 448. The topological polar surface area (TPSA) is 45.4 Å². The fraction of sp³-hybridized carbons (Fsp3) is 0.333. The predicted molar refractivity (Wildman–Crippen MR) is 60.1 cm³/mol. The van der Waals surface area contributed by atoms with E-state index < -0.39 is 0 Å². The summed E-state index contributed by atoms with van der Waals surface area (Å²) >= 11 is 0. The molecule has 80 valence electrons. The third kappa shape index (κ3) is 2.13. The van der Waals surface area contributed by atoms with Crippen molar-refractivity contribution in [3.8, 4) is 5.75 Å². The van der Waals surface area contributed by atoms with Crippen molar-refractivity contribution in [2.24, 2.45) is 0 Å². The summed E-state index contributed by atoms with van der Waals surface area (Å²) < 4.78 is 5.57. The Kier molecular flexibility index (Phi) is 2.92. The molecule has 3 nitrogen and oxygen atoms in total. The Morgan fingerprint density at radius 1 is 1.40 bits per heavy atom. The zero-order valence-corrected chi connectivity index (χ0v) is 8.79. The van der Waals surface area contributed by atoms with Crippen molar-refractivity contribution in [2.75, 3.05) is 13.6 Å². The first kappa shape index (κ1) is 10.1. The van der Waals surface area contributed by atoms with Crippen LogP contribution in [-0.2, 0) is 6.42 Å². The number of nitrogens with one attached hydrogen (secondary N) is 1. The number of hydrogen-bond donors (Lipinski definition) is 2. The molecule has 0 radical (unpaired) electrons. The van der Waals surface area contributed by atoms with Gasteiger partial charge in [-0.2, -0.15) is 0 Å². The highest BCUT2D eigenvalue weighted by atomic mass is 16.4. The molecule has 1 heterocycles. The van der Waals surface area contributed by atoms with Gasteiger partial charge in [-0.3, -0.25) is 0 Å². The lowest BCUT2D eigenvalue weighted by molar-refractivity contribution is 0.456. The van der Waals surface area contributed by atoms with Crippen molar-refractivity contribution in [3.63, 3.8) is 0 Å². The van der Waals surface area contributed by atoms with Crippen molar-refractivity contribution in [1.82, 2.24) is 5.32 Å². The summed E-state index contributed by atoms with van der Waals surface area (Å²) in [7, 11) is 1.93. The van der Waals surface area contributed by atoms with Crippen molar-refractivity contribution in [3.05, 3.63) is 30.0 Å². The quantitative estimate of drug-likeness (QED) is 0.753. The second-order valence-electron chi connectivity index (χ2n) is 3.62. The molecule has 2 aromatic rings. The minimum Gasteiger partial charge on any atom is -0.504 e. The molecule has 0 aliphatic heterocycles. The number of fused-ring (bicyclic) bond motifs is 1. The molecule has 15 heavy (non-hydrogen) atoms. The van der Waals surface area contributed by atoms with Gasteiger partial charge in [0.25, 0.3) is 0 Å². The smallest absolute Gasteiger partial charge is 0.175 e. The molecule has 2 rings (SSSR count). The van der Waals surface area contributed by atoms with Gasteiger partial charge in [-0.25, -0.2) is 0 Å². The van der Waals surface area contributed by atoms with Crippen LogP contribution in [0.1, 0.15) is 12.2 Å². The van der Waals surface area contributed by atoms with Crippen molar-refractivity contribution in [1.29, 1.82) is 0 Å². The molecule has 0 aliphatic carbocycles. The van der Waals surface area contributed by atoms with Crippen molar-refractivity contribution >= 4 is 11.0 Å². The number of benzene rings is 1. The van der Waals surface area contributed by atoms with E-state index in [9.17, 15) is 5.11 Å². The minimum atomic E-state index is 0.215. The van der Waals surface area contributed by atoms with E-state index in [1.165, 1.54) is 0 Å². The maximum absolute atomic E-state index is 9.55. The maximum atomic E-state index is 9.55. The summed E-state index contributed by atoms with van der Waals surface area (Å²) in [4.78, 5) is 0. The van der Waals surface area contributed by atoms with Crippen LogP contribution < -0.4 is 5.32 Å². The molecule has 0 saturated heterocycles. The van der Waals surface area contributed by atoms with Crippen LogP contribution in [0.2, 0.25) is 0 Å². The summed E-state index contributed by atoms with van der Waals surface area (Å²) in [5.74, 6) is 1.15. The van der Waals surface area contributed by atoms with Crippen molar-refractivity contribution in [2.45, 2.75) is 12.8 Å². The van der Waals surface area contributed by atoms with E-state index in [1.54, 1.807) is 6.07 Å². The third-order valence-electron chi connectivity index (χ3n) is 2.42. The van der Waals surface area contributed by atoms with E-state index >= 15 is 0 Å². The number of aromatic hydroxyl groups is 1. The molecule has 1 aromatic carbocycles. The highest BCUT2D eigenvalue weighted by molar-refractivity contribution is 5.83. The molecular weight excluding hydrogens is 190 g/mol. The normalized spacial score (nSPS) is 11.0. The molecular formula is C12H15NO2. The largest absolute Gasteiger partial charge is 0.504 e. The highest BCUT2D eigenvalue weighted by Gasteiger charge is 2.06. The molecule has 0 atom stereocenters. The molecule has 0 bridgehead atoms. The number of para-hydroxylation sites is 1. The average molecular weight is 205 g/mol. The van der Waals surface area contributed by atoms with Crippen LogP contribution in [0.3, 0.4) is 0 Å². The van der Waals surface area contributed by atoms with Crippen LogP contribution in [0.5, 0.6) is 5.75 Å². The van der Waals surface area contributed by atoms with E-state index in [0.717, 1.165) is 30.5 Å². The van der Waals surface area contributed by atoms with Crippen LogP contribution in [0, 0.1) is 0 Å². The maximum Gasteiger partial charge on any atom is 0.175 e. The third-order valence-corrected chi connectivity index (χ3v) is 2.42. The van der Waals surface area contributed by atoms with Gasteiger partial charge in [0.2, 0.25) is 0 Å². The zero-order valence-electron chi connectivity index (χ0n) is 8.79. The Balaban J connectivity index is 2.20. The molecule has 0 amide bonds. The first-order valence-electron chi connectivity index (χ1n) is 5.16. The van der Waals surface area contributed by atoms with Crippen LogP contribution >= 0.6 is 0 Å². The van der Waals surface area contributed by atoms with E-state index in [1.807, 2.05) is 25.2 Å². The summed E-state index contributed by atoms with van der Waals surface area (Å²) in [6.07, 6.45) is 1.94. The van der Waals surface area contributed by atoms with Crippen LogP contribution in [0.15, 0.2) is 28.7 Å². The monoisotopic (exact) mass is 205 g/mol. The number of furan rings is 1. The van der Waals surface area contributed by atoms with Gasteiger partial charge in [-0.05, 0) is 32.1 Å². The standard InChI is InChI=1S/C12H15NO2/c1-13-7-3-5-10-8-9-4-2-6-11(14)12(9)15-10/h2,4,6,8,13-14H,3,5,7H2,1H3. The molecule has 0 spiro atoms. The van der Waals surface area contributed by atoms with Gasteiger partial charge < -0.3 is 14.8 Å². The number of rotatable bonds is 4. The molecule has 0 fully saturated rings. The minimum absolute atomic E-state index is 0.215. The summed E-state index contributed by atoms with van der Waals surface area (Å²) in [6.45, 7) is 0.975. The summed E-state index contributed by atoms with van der Waals surface area (Å²) in [5.41, 5.74) is 0.594. The van der Waals surface area contributed by atoms with Gasteiger partial charge >= 0.3 is 0 Å². The Morgan fingerprint density at radius 2 is 2.27 bits per heavy atom. The predicted octanol–water partition coefficient (Wildman–Crippen LogP) is 2.29. The zero-order chi connectivity index (χ0) is 10.7. The Morgan fingerprint density at radius 3 is 3.00 bits per heavy atom. The Hall–Kier alpha value is -1.48. The SMILES string of the molecule is CNCCCc1cc2cccc(O)c2o1. The Labute approximate surface area is 88.7 Å². The number of hydrogen-bond acceptors (Lipinski definition) is 3. The van der Waals surface area contributed by atoms with Gasteiger partial charge in [0.15, 0.2) is 11.3 Å². The summed E-state index contributed by atoms with van der Waals surface area (Å²) in [5, 5.41) is 13.6. The van der Waals surface area contributed by atoms with Gasteiger partial charge in [0.1, 0.15) is 5.76 Å². The molecule has 2 N–H and O–H groups in total. The lowest BCUT2D eigenvalue weighted by atomic mass is 10.2. The second kappa shape index (κ2) is 4.36.